The van der Waals surface area contributed by atoms with E-state index in [4.69, 9.17) is 11.6 Å². The van der Waals surface area contributed by atoms with Crippen LogP contribution in [0.4, 0.5) is 5.69 Å². The summed E-state index contributed by atoms with van der Waals surface area (Å²) in [6, 6.07) is 13.3. The van der Waals surface area contributed by atoms with E-state index in [-0.39, 0.29) is 11.8 Å². The molecule has 0 radical (unpaired) electrons. The normalized spacial score (nSPS) is 10.8. The first-order valence-electron chi connectivity index (χ1n) is 8.81. The standard InChI is InChI=1S/C21H22ClN3O2/c1-14-7-8-17(22)12-20(14)25(15(2)26)10-9-23-21(27)11-16-13-24-19-6-4-3-5-18(16)19/h3-8,12-13,24H,9-11H2,1-2H3,(H,23,27). The number of fused-ring (bicyclic) bond motifs is 1. The summed E-state index contributed by atoms with van der Waals surface area (Å²) in [5, 5.41) is 4.52. The molecule has 1 aromatic heterocycles. The summed E-state index contributed by atoms with van der Waals surface area (Å²) in [4.78, 5) is 29.2. The molecule has 27 heavy (non-hydrogen) atoms. The molecule has 1 heterocycles. The average molecular weight is 384 g/mol. The SMILES string of the molecule is CC(=O)N(CCNC(=O)Cc1c[nH]c2ccccc12)c1cc(Cl)ccc1C. The third kappa shape index (κ3) is 4.49. The molecule has 3 aromatic rings. The number of nitrogens with one attached hydrogen (secondary N) is 2. The highest BCUT2D eigenvalue weighted by molar-refractivity contribution is 6.31. The van der Waals surface area contributed by atoms with Gasteiger partial charge in [0.15, 0.2) is 0 Å². The van der Waals surface area contributed by atoms with Crippen molar-refractivity contribution in [2.24, 2.45) is 0 Å². The topological polar surface area (TPSA) is 65.2 Å². The molecular weight excluding hydrogens is 362 g/mol. The number of hydrogen-bond donors (Lipinski definition) is 2. The summed E-state index contributed by atoms with van der Waals surface area (Å²) in [6.07, 6.45) is 2.15. The van der Waals surface area contributed by atoms with E-state index in [0.29, 0.717) is 24.5 Å². The quantitative estimate of drug-likeness (QED) is 0.679. The van der Waals surface area contributed by atoms with Gasteiger partial charge in [0, 0.05) is 47.8 Å². The van der Waals surface area contributed by atoms with Gasteiger partial charge in [0.1, 0.15) is 0 Å². The summed E-state index contributed by atoms with van der Waals surface area (Å²) in [5.74, 6) is -0.169. The lowest BCUT2D eigenvalue weighted by Crippen LogP contribution is -2.38. The first-order chi connectivity index (χ1) is 13.0. The van der Waals surface area contributed by atoms with Crippen molar-refractivity contribution < 1.29 is 9.59 Å². The second kappa shape index (κ2) is 8.27. The zero-order valence-corrected chi connectivity index (χ0v) is 16.1. The predicted octanol–water partition coefficient (Wildman–Crippen LogP) is 3.84. The van der Waals surface area contributed by atoms with Crippen molar-refractivity contribution in [2.45, 2.75) is 20.3 Å². The molecule has 0 saturated carbocycles. The van der Waals surface area contributed by atoms with Crippen LogP contribution in [0.2, 0.25) is 5.02 Å². The Balaban J connectivity index is 1.61. The molecule has 0 aliphatic rings. The summed E-state index contributed by atoms with van der Waals surface area (Å²) in [6.45, 7) is 4.19. The van der Waals surface area contributed by atoms with Crippen molar-refractivity contribution in [1.29, 1.82) is 0 Å². The Morgan fingerprint density at radius 1 is 1.19 bits per heavy atom. The third-order valence-corrected chi connectivity index (χ3v) is 4.76. The van der Waals surface area contributed by atoms with Crippen LogP contribution in [0.3, 0.4) is 0 Å². The highest BCUT2D eigenvalue weighted by Crippen LogP contribution is 2.24. The summed E-state index contributed by atoms with van der Waals surface area (Å²) in [5.41, 5.74) is 3.69. The molecule has 5 nitrogen and oxygen atoms in total. The van der Waals surface area contributed by atoms with Gasteiger partial charge in [0.05, 0.1) is 6.42 Å². The van der Waals surface area contributed by atoms with Crippen molar-refractivity contribution in [3.8, 4) is 0 Å². The molecule has 0 bridgehead atoms. The van der Waals surface area contributed by atoms with Gasteiger partial charge >= 0.3 is 0 Å². The maximum absolute atomic E-state index is 12.3. The van der Waals surface area contributed by atoms with Crippen molar-refractivity contribution in [3.05, 3.63) is 64.8 Å². The van der Waals surface area contributed by atoms with E-state index < -0.39 is 0 Å². The third-order valence-electron chi connectivity index (χ3n) is 4.53. The Morgan fingerprint density at radius 3 is 2.74 bits per heavy atom. The van der Waals surface area contributed by atoms with Gasteiger partial charge in [0.25, 0.3) is 0 Å². The van der Waals surface area contributed by atoms with Crippen LogP contribution >= 0.6 is 11.6 Å². The molecule has 0 saturated heterocycles. The Bertz CT molecular complexity index is 980. The summed E-state index contributed by atoms with van der Waals surface area (Å²) < 4.78 is 0. The van der Waals surface area contributed by atoms with E-state index in [0.717, 1.165) is 27.7 Å². The molecule has 0 fully saturated rings. The minimum Gasteiger partial charge on any atom is -0.361 e. The zero-order chi connectivity index (χ0) is 19.4. The van der Waals surface area contributed by atoms with E-state index in [1.165, 1.54) is 6.92 Å². The number of carbonyl (C=O) groups is 2. The number of amides is 2. The fraction of sp³-hybridized carbons (Fsp3) is 0.238. The molecule has 0 unspecified atom stereocenters. The molecule has 6 heteroatoms. The van der Waals surface area contributed by atoms with Crippen molar-refractivity contribution >= 4 is 40.0 Å². The molecule has 0 aliphatic heterocycles. The van der Waals surface area contributed by atoms with E-state index in [2.05, 4.69) is 10.3 Å². The van der Waals surface area contributed by atoms with Crippen LogP contribution in [0.15, 0.2) is 48.7 Å². The lowest BCUT2D eigenvalue weighted by Gasteiger charge is -2.23. The van der Waals surface area contributed by atoms with Crippen LogP contribution < -0.4 is 10.2 Å². The number of benzene rings is 2. The fourth-order valence-electron chi connectivity index (χ4n) is 3.14. The number of aromatic nitrogens is 1. The van der Waals surface area contributed by atoms with Crippen molar-refractivity contribution in [2.75, 3.05) is 18.0 Å². The smallest absolute Gasteiger partial charge is 0.224 e. The first-order valence-corrected chi connectivity index (χ1v) is 9.19. The lowest BCUT2D eigenvalue weighted by atomic mass is 10.1. The van der Waals surface area contributed by atoms with Gasteiger partial charge in [0.2, 0.25) is 11.8 Å². The van der Waals surface area contributed by atoms with Gasteiger partial charge in [-0.1, -0.05) is 35.9 Å². The van der Waals surface area contributed by atoms with Crippen LogP contribution in [-0.2, 0) is 16.0 Å². The predicted molar refractivity (Wildman–Crippen MR) is 109 cm³/mol. The first kappa shape index (κ1) is 19.0. The number of rotatable bonds is 6. The Labute approximate surface area is 163 Å². The minimum atomic E-state index is -0.0914. The van der Waals surface area contributed by atoms with Gasteiger partial charge in [-0.05, 0) is 36.2 Å². The maximum Gasteiger partial charge on any atom is 0.224 e. The molecule has 0 atom stereocenters. The maximum atomic E-state index is 12.3. The molecule has 3 rings (SSSR count). The number of hydrogen-bond acceptors (Lipinski definition) is 2. The zero-order valence-electron chi connectivity index (χ0n) is 15.4. The molecule has 140 valence electrons. The number of aryl methyl sites for hydroxylation is 1. The van der Waals surface area contributed by atoms with Gasteiger partial charge in [-0.2, -0.15) is 0 Å². The van der Waals surface area contributed by atoms with Gasteiger partial charge in [-0.15, -0.1) is 0 Å². The second-order valence-corrected chi connectivity index (χ2v) is 6.92. The van der Waals surface area contributed by atoms with E-state index in [1.54, 1.807) is 17.0 Å². The lowest BCUT2D eigenvalue weighted by molar-refractivity contribution is -0.121. The monoisotopic (exact) mass is 383 g/mol. The number of para-hydroxylation sites is 1. The van der Waals surface area contributed by atoms with Crippen molar-refractivity contribution in [1.82, 2.24) is 10.3 Å². The number of halogens is 1. The van der Waals surface area contributed by atoms with Crippen molar-refractivity contribution in [3.63, 3.8) is 0 Å². The van der Waals surface area contributed by atoms with E-state index >= 15 is 0 Å². The largest absolute Gasteiger partial charge is 0.361 e. The molecule has 2 amide bonds. The average Bonchev–Trinajstić information content (AvgIpc) is 3.04. The Kier molecular flexibility index (Phi) is 5.81. The molecule has 0 aliphatic carbocycles. The van der Waals surface area contributed by atoms with Crippen LogP contribution in [0, 0.1) is 6.92 Å². The van der Waals surface area contributed by atoms with Crippen LogP contribution in [0.5, 0.6) is 0 Å². The molecular formula is C21H22ClN3O2. The number of carbonyl (C=O) groups excluding carboxylic acids is 2. The molecule has 2 N–H and O–H groups in total. The van der Waals surface area contributed by atoms with Gasteiger partial charge in [-0.25, -0.2) is 0 Å². The number of nitrogens with zero attached hydrogens (tertiary/aromatic N) is 1. The molecule has 0 spiro atoms. The molecule has 2 aromatic carbocycles. The number of H-pyrrole nitrogens is 1. The Hall–Kier alpha value is -2.79. The highest BCUT2D eigenvalue weighted by Gasteiger charge is 2.15. The minimum absolute atomic E-state index is 0.0777. The van der Waals surface area contributed by atoms with E-state index in [1.807, 2.05) is 43.5 Å². The van der Waals surface area contributed by atoms with Gasteiger partial charge in [-0.3, -0.25) is 9.59 Å². The summed E-state index contributed by atoms with van der Waals surface area (Å²) >= 11 is 6.07. The highest BCUT2D eigenvalue weighted by atomic mass is 35.5. The number of aromatic amines is 1. The number of anilines is 1. The van der Waals surface area contributed by atoms with Crippen LogP contribution in [0.1, 0.15) is 18.1 Å². The second-order valence-electron chi connectivity index (χ2n) is 6.49. The van der Waals surface area contributed by atoms with Crippen LogP contribution in [0.25, 0.3) is 10.9 Å². The fourth-order valence-corrected chi connectivity index (χ4v) is 3.31. The van der Waals surface area contributed by atoms with Crippen LogP contribution in [-0.4, -0.2) is 29.9 Å². The Morgan fingerprint density at radius 2 is 1.96 bits per heavy atom. The van der Waals surface area contributed by atoms with Gasteiger partial charge < -0.3 is 15.2 Å². The van der Waals surface area contributed by atoms with E-state index in [9.17, 15) is 9.59 Å². The summed E-state index contributed by atoms with van der Waals surface area (Å²) in [7, 11) is 0.